The Hall–Kier alpha value is -2.87. The van der Waals surface area contributed by atoms with Crippen molar-refractivity contribution in [2.24, 2.45) is 11.8 Å². The minimum Gasteiger partial charge on any atom is -0.493 e. The fourth-order valence-corrected chi connectivity index (χ4v) is 4.95. The molecule has 3 aliphatic rings. The molecule has 0 radical (unpaired) electrons. The van der Waals surface area contributed by atoms with Gasteiger partial charge in [0.2, 0.25) is 0 Å². The number of hydrogen-bond acceptors (Lipinski definition) is 8. The molecule has 1 heterocycles. The van der Waals surface area contributed by atoms with Gasteiger partial charge < -0.3 is 23.7 Å². The lowest BCUT2D eigenvalue weighted by Crippen LogP contribution is -2.55. The first kappa shape index (κ1) is 23.8. The van der Waals surface area contributed by atoms with Crippen molar-refractivity contribution in [3.63, 3.8) is 0 Å². The zero-order valence-electron chi connectivity index (χ0n) is 19.3. The zero-order chi connectivity index (χ0) is 23.8. The first-order valence-electron chi connectivity index (χ1n) is 10.7. The van der Waals surface area contributed by atoms with Gasteiger partial charge in [-0.3, -0.25) is 14.4 Å². The largest absolute Gasteiger partial charge is 0.493 e. The quantitative estimate of drug-likeness (QED) is 0.532. The molecule has 8 nitrogen and oxygen atoms in total. The smallest absolute Gasteiger partial charge is 0.317 e. The van der Waals surface area contributed by atoms with Gasteiger partial charge in [0, 0.05) is 23.5 Å². The van der Waals surface area contributed by atoms with E-state index in [0.717, 1.165) is 16.7 Å². The molecule has 2 aliphatic carbocycles. The summed E-state index contributed by atoms with van der Waals surface area (Å²) in [5.74, 6) is -4.91. The maximum Gasteiger partial charge on any atom is 0.317 e. The second-order valence-electron chi connectivity index (χ2n) is 8.38. The van der Waals surface area contributed by atoms with Gasteiger partial charge in [0.1, 0.15) is 12.2 Å². The van der Waals surface area contributed by atoms with Crippen LogP contribution in [-0.2, 0) is 23.9 Å². The minimum absolute atomic E-state index is 0.0811. The van der Waals surface area contributed by atoms with E-state index >= 15 is 0 Å². The van der Waals surface area contributed by atoms with Crippen molar-refractivity contribution in [2.75, 3.05) is 20.3 Å². The summed E-state index contributed by atoms with van der Waals surface area (Å²) in [5.41, 5.74) is 1.87. The first-order chi connectivity index (χ1) is 15.1. The predicted molar refractivity (Wildman–Crippen MR) is 115 cm³/mol. The number of aliphatic hydroxyl groups is 1. The van der Waals surface area contributed by atoms with Crippen LogP contribution in [0.15, 0.2) is 16.9 Å². The van der Waals surface area contributed by atoms with Crippen LogP contribution in [0.2, 0.25) is 0 Å². The highest BCUT2D eigenvalue weighted by Gasteiger charge is 2.58. The van der Waals surface area contributed by atoms with Crippen LogP contribution in [0, 0.1) is 25.7 Å². The number of Topliss-reactive ketones (excluding diaryl/α,β-unsaturated/α-hetero) is 1. The normalized spacial score (nSPS) is 25.6. The molecule has 32 heavy (non-hydrogen) atoms. The molecule has 4 unspecified atom stereocenters. The summed E-state index contributed by atoms with van der Waals surface area (Å²) in [4.78, 5) is 39.3. The minimum atomic E-state index is -1.71. The van der Waals surface area contributed by atoms with E-state index in [4.69, 9.17) is 18.6 Å². The predicted octanol–water partition coefficient (Wildman–Crippen LogP) is 3.18. The van der Waals surface area contributed by atoms with E-state index in [2.05, 4.69) is 0 Å². The van der Waals surface area contributed by atoms with Crippen molar-refractivity contribution in [3.05, 3.63) is 29.2 Å². The molecule has 4 atom stereocenters. The van der Waals surface area contributed by atoms with Crippen molar-refractivity contribution in [1.82, 2.24) is 0 Å². The summed E-state index contributed by atoms with van der Waals surface area (Å²) in [7, 11) is 1.49. The van der Waals surface area contributed by atoms with Crippen molar-refractivity contribution in [2.45, 2.75) is 52.6 Å². The highest BCUT2D eigenvalue weighted by Crippen LogP contribution is 2.54. The molecule has 1 fully saturated rings. The van der Waals surface area contributed by atoms with Gasteiger partial charge in [-0.25, -0.2) is 0 Å². The van der Waals surface area contributed by atoms with Gasteiger partial charge in [0.15, 0.2) is 11.5 Å². The Morgan fingerprint density at radius 3 is 2.34 bits per heavy atom. The number of methoxy groups -OCH3 is 1. The maximum atomic E-state index is 13.2. The number of rotatable bonds is 6. The second-order valence-corrected chi connectivity index (χ2v) is 8.38. The van der Waals surface area contributed by atoms with Crippen molar-refractivity contribution in [3.8, 4) is 16.9 Å². The molecule has 3 rings (SSSR count). The van der Waals surface area contributed by atoms with E-state index in [9.17, 15) is 19.5 Å². The molecule has 8 heteroatoms. The lowest BCUT2D eigenvalue weighted by Gasteiger charge is -2.44. The summed E-state index contributed by atoms with van der Waals surface area (Å²) >= 11 is 0. The Labute approximate surface area is 187 Å². The van der Waals surface area contributed by atoms with E-state index in [-0.39, 0.29) is 19.6 Å². The Bertz CT molecular complexity index is 1000. The van der Waals surface area contributed by atoms with Crippen LogP contribution in [0.4, 0.5) is 0 Å². The van der Waals surface area contributed by atoms with E-state index in [1.54, 1.807) is 20.1 Å². The molecule has 174 valence electrons. The summed E-state index contributed by atoms with van der Waals surface area (Å²) in [6.45, 7) is 8.66. The van der Waals surface area contributed by atoms with E-state index in [0.29, 0.717) is 16.9 Å². The first-order valence-corrected chi connectivity index (χ1v) is 10.7. The molecule has 0 aromatic rings. The Morgan fingerprint density at radius 2 is 1.75 bits per heavy atom. The van der Waals surface area contributed by atoms with E-state index < -0.39 is 41.1 Å². The molecule has 1 N–H and O–H groups in total. The Balaban J connectivity index is 2.37. The highest BCUT2D eigenvalue weighted by atomic mass is 16.5. The Morgan fingerprint density at radius 1 is 1.12 bits per heavy atom. The number of hydrogen-bond donors (Lipinski definition) is 1. The van der Waals surface area contributed by atoms with Crippen LogP contribution in [0.25, 0.3) is 11.1 Å². The standard InChI is InChI=1S/C24H30O8/c1-7-31-22(26)19-15(25)9-24(5,28)21(23(27)32-8-2)20(19)17-13(4)12(3)14-10-30-11-16(29-6)18(14)17/h10-11,19-21,28H,7-9H2,1-6H3. The number of esters is 2. The molecule has 0 saturated heterocycles. The molecule has 1 saturated carbocycles. The SMILES string of the molecule is CCOC(=O)C1C(=O)CC(C)(O)C(C(=O)OCC)C1c1c(C)c(C)c2cocc(OC)c1-2. The fourth-order valence-electron chi connectivity index (χ4n) is 4.95. The lowest BCUT2D eigenvalue weighted by atomic mass is 9.61. The summed E-state index contributed by atoms with van der Waals surface area (Å²) in [6.07, 6.45) is 2.62. The number of fused-ring (bicyclic) bond motifs is 1. The van der Waals surface area contributed by atoms with Crippen LogP contribution in [0.1, 0.15) is 49.8 Å². The van der Waals surface area contributed by atoms with Gasteiger partial charge in [-0.15, -0.1) is 0 Å². The van der Waals surface area contributed by atoms with Crippen LogP contribution < -0.4 is 4.74 Å². The zero-order valence-corrected chi connectivity index (χ0v) is 19.3. The molecule has 0 bridgehead atoms. The molecule has 0 spiro atoms. The fraction of sp³-hybridized carbons (Fsp3) is 0.542. The molecule has 0 amide bonds. The number of ether oxygens (including phenoxy) is 3. The molecular formula is C24H30O8. The second kappa shape index (κ2) is 8.94. The van der Waals surface area contributed by atoms with Crippen molar-refractivity contribution < 1.29 is 38.1 Å². The van der Waals surface area contributed by atoms with Gasteiger partial charge in [0.05, 0.1) is 38.1 Å². The Kier molecular flexibility index (Phi) is 6.64. The van der Waals surface area contributed by atoms with Gasteiger partial charge in [-0.1, -0.05) is 0 Å². The van der Waals surface area contributed by atoms with Crippen LogP contribution in [-0.4, -0.2) is 48.8 Å². The van der Waals surface area contributed by atoms with E-state index in [1.165, 1.54) is 20.3 Å². The number of carbonyl (C=O) groups excluding carboxylic acids is 3. The highest BCUT2D eigenvalue weighted by molar-refractivity contribution is 6.03. The van der Waals surface area contributed by atoms with Gasteiger partial charge in [0.25, 0.3) is 0 Å². The third kappa shape index (κ3) is 3.77. The lowest BCUT2D eigenvalue weighted by molar-refractivity contribution is -0.172. The summed E-state index contributed by atoms with van der Waals surface area (Å²) < 4.78 is 21.5. The summed E-state index contributed by atoms with van der Waals surface area (Å²) in [5, 5.41) is 11.2. The van der Waals surface area contributed by atoms with Gasteiger partial charge in [-0.05, 0) is 51.3 Å². The van der Waals surface area contributed by atoms with Crippen molar-refractivity contribution in [1.29, 1.82) is 0 Å². The van der Waals surface area contributed by atoms with E-state index in [1.807, 2.05) is 13.8 Å². The summed E-state index contributed by atoms with van der Waals surface area (Å²) in [6, 6.07) is 0. The molecule has 1 aliphatic heterocycles. The van der Waals surface area contributed by atoms with Crippen LogP contribution in [0.3, 0.4) is 0 Å². The van der Waals surface area contributed by atoms with Gasteiger partial charge >= 0.3 is 11.9 Å². The maximum absolute atomic E-state index is 13.2. The third-order valence-corrected chi connectivity index (χ3v) is 6.42. The van der Waals surface area contributed by atoms with Crippen molar-refractivity contribution >= 4 is 17.7 Å². The monoisotopic (exact) mass is 446 g/mol. The average Bonchev–Trinajstić information content (AvgIpc) is 2.97. The van der Waals surface area contributed by atoms with Gasteiger partial charge in [-0.2, -0.15) is 0 Å². The molecule has 0 aromatic heterocycles. The third-order valence-electron chi connectivity index (χ3n) is 6.42. The molecule has 0 aromatic carbocycles. The average molecular weight is 446 g/mol. The topological polar surface area (TPSA) is 112 Å². The van der Waals surface area contributed by atoms with Crippen LogP contribution in [0.5, 0.6) is 5.75 Å². The number of carbonyl (C=O) groups is 3. The van der Waals surface area contributed by atoms with Crippen LogP contribution >= 0.6 is 0 Å². The number of ketones is 1. The molecular weight excluding hydrogens is 416 g/mol.